The van der Waals surface area contributed by atoms with Crippen LogP contribution in [0.1, 0.15) is 194 Å². The van der Waals surface area contributed by atoms with E-state index in [1.165, 1.54) is 57.8 Å². The second-order valence-corrected chi connectivity index (χ2v) is 17.4. The molecule has 360 valence electrons. The number of hydrogen-bond acceptors (Lipinski definition) is 8. The summed E-state index contributed by atoms with van der Waals surface area (Å²) in [5.74, 6) is -0.849. The zero-order valence-electron chi connectivity index (χ0n) is 39.8. The number of nitrogens with two attached hydrogens (primary N) is 1. The van der Waals surface area contributed by atoms with Crippen LogP contribution in [0.5, 0.6) is 0 Å². The molecule has 0 aliphatic carbocycles. The van der Waals surface area contributed by atoms with Crippen molar-refractivity contribution in [2.45, 2.75) is 200 Å². The lowest BCUT2D eigenvalue weighted by Crippen LogP contribution is -2.29. The van der Waals surface area contributed by atoms with Gasteiger partial charge in [-0.15, -0.1) is 0 Å². The van der Waals surface area contributed by atoms with Crippen molar-refractivity contribution in [2.75, 3.05) is 26.4 Å². The summed E-state index contributed by atoms with van der Waals surface area (Å²) < 4.78 is 32.6. The number of esters is 2. The maximum atomic E-state index is 12.5. The van der Waals surface area contributed by atoms with Crippen molar-refractivity contribution >= 4 is 19.8 Å². The fourth-order valence-corrected chi connectivity index (χ4v) is 7.12. The summed E-state index contributed by atoms with van der Waals surface area (Å²) in [6.45, 7) is 3.50. The van der Waals surface area contributed by atoms with Crippen molar-refractivity contribution in [1.82, 2.24) is 0 Å². The van der Waals surface area contributed by atoms with E-state index >= 15 is 0 Å². The molecule has 3 N–H and O–H groups in total. The van der Waals surface area contributed by atoms with Gasteiger partial charge in [-0.25, -0.2) is 4.57 Å². The van der Waals surface area contributed by atoms with Crippen LogP contribution in [0.25, 0.3) is 0 Å². The monoisotopic (exact) mass is 900 g/mol. The summed E-state index contributed by atoms with van der Waals surface area (Å²) in [6.07, 6.45) is 63.7. The van der Waals surface area contributed by atoms with Gasteiger partial charge in [0.05, 0.1) is 13.2 Å². The first-order chi connectivity index (χ1) is 30.8. The Kier molecular flexibility index (Phi) is 46.0. The lowest BCUT2D eigenvalue weighted by Gasteiger charge is -2.19. The van der Waals surface area contributed by atoms with E-state index < -0.39 is 32.5 Å². The summed E-state index contributed by atoms with van der Waals surface area (Å²) >= 11 is 0. The highest BCUT2D eigenvalue weighted by atomic mass is 31.2. The fraction of sp³-hybridized carbons (Fsp3) is 0.660. The minimum absolute atomic E-state index is 0.0501. The third-order valence-electron chi connectivity index (χ3n) is 9.98. The van der Waals surface area contributed by atoms with Crippen LogP contribution in [-0.4, -0.2) is 49.3 Å². The van der Waals surface area contributed by atoms with Crippen LogP contribution in [-0.2, 0) is 32.7 Å². The molecule has 10 heteroatoms. The van der Waals surface area contributed by atoms with Gasteiger partial charge in [0, 0.05) is 19.4 Å². The number of phosphoric ester groups is 1. The van der Waals surface area contributed by atoms with E-state index in [1.807, 2.05) is 0 Å². The van der Waals surface area contributed by atoms with Crippen LogP contribution in [0.4, 0.5) is 0 Å². The van der Waals surface area contributed by atoms with Gasteiger partial charge < -0.3 is 20.1 Å². The summed E-state index contributed by atoms with van der Waals surface area (Å²) in [6, 6.07) is 0. The molecule has 0 fully saturated rings. The normalized spacial score (nSPS) is 14.0. The first-order valence-electron chi connectivity index (χ1n) is 24.7. The van der Waals surface area contributed by atoms with Crippen molar-refractivity contribution in [3.05, 3.63) is 97.2 Å². The molecule has 0 rings (SSSR count). The van der Waals surface area contributed by atoms with E-state index in [1.54, 1.807) is 0 Å². The molecule has 2 unspecified atom stereocenters. The number of hydrogen-bond donors (Lipinski definition) is 2. The van der Waals surface area contributed by atoms with Crippen molar-refractivity contribution in [1.29, 1.82) is 0 Å². The third kappa shape index (κ3) is 48.2. The van der Waals surface area contributed by atoms with Crippen molar-refractivity contribution < 1.29 is 37.6 Å². The average molecular weight is 900 g/mol. The van der Waals surface area contributed by atoms with Gasteiger partial charge in [0.1, 0.15) is 6.61 Å². The Morgan fingerprint density at radius 3 is 1.30 bits per heavy atom. The Morgan fingerprint density at radius 1 is 0.492 bits per heavy atom. The van der Waals surface area contributed by atoms with E-state index in [0.29, 0.717) is 6.42 Å². The molecule has 0 bridgehead atoms. The Balaban J connectivity index is 3.83. The molecule has 0 aromatic rings. The van der Waals surface area contributed by atoms with E-state index in [9.17, 15) is 19.0 Å². The molecule has 9 nitrogen and oxygen atoms in total. The van der Waals surface area contributed by atoms with Gasteiger partial charge in [-0.05, 0) is 77.0 Å². The van der Waals surface area contributed by atoms with Crippen LogP contribution in [0.3, 0.4) is 0 Å². The van der Waals surface area contributed by atoms with Crippen molar-refractivity contribution in [3.8, 4) is 0 Å². The molecule has 0 saturated heterocycles. The molecule has 0 saturated carbocycles. The second-order valence-electron chi connectivity index (χ2n) is 16.0. The molecule has 0 radical (unpaired) electrons. The Morgan fingerprint density at radius 2 is 0.873 bits per heavy atom. The fourth-order valence-electron chi connectivity index (χ4n) is 6.36. The van der Waals surface area contributed by atoms with Gasteiger partial charge in [0.15, 0.2) is 6.10 Å². The number of ether oxygens (including phenoxy) is 2. The molecule has 0 amide bonds. The van der Waals surface area contributed by atoms with Gasteiger partial charge in [-0.1, -0.05) is 201 Å². The predicted octanol–water partition coefficient (Wildman–Crippen LogP) is 14.9. The third-order valence-corrected chi connectivity index (χ3v) is 11.0. The molecule has 2 atom stereocenters. The van der Waals surface area contributed by atoms with Crippen LogP contribution in [0, 0.1) is 0 Å². The topological polar surface area (TPSA) is 134 Å². The molecular weight excluding hydrogens is 810 g/mol. The van der Waals surface area contributed by atoms with Crippen LogP contribution < -0.4 is 5.73 Å². The summed E-state index contributed by atoms with van der Waals surface area (Å²) in [4.78, 5) is 34.6. The quantitative estimate of drug-likeness (QED) is 0.0265. The van der Waals surface area contributed by atoms with Crippen LogP contribution >= 0.6 is 7.82 Å². The molecule has 0 aliphatic rings. The summed E-state index contributed by atoms with van der Waals surface area (Å²) in [5.41, 5.74) is 5.33. The number of phosphoric acid groups is 1. The molecule has 63 heavy (non-hydrogen) atoms. The molecule has 0 aliphatic heterocycles. The number of carbonyl (C=O) groups is 2. The van der Waals surface area contributed by atoms with E-state index in [0.717, 1.165) is 103 Å². The standard InChI is InChI=1S/C53H90NO8P/c1-3-5-7-9-10-11-12-13-14-15-16-17-18-19-20-21-22-23-24-25-26-27-28-29-30-31-32-33-34-35-36-37-38-39-40-42-44-46-53(56)62-51(50-61-63(57,58)60-48-47-54)49-59-52(55)45-43-41-8-6-4-2/h5,7,10-11,13-14,16-17,19-20,22-23,25-26,28-29,51H,3-4,6,8-9,12,15,18,21,24,27,30-50,54H2,1-2H3,(H,57,58)/b7-5-,11-10-,14-13-,17-16-,20-19-,23-22-,26-25-,29-28-. The number of carbonyl (C=O) groups excluding carboxylic acids is 2. The Labute approximate surface area is 385 Å². The summed E-state index contributed by atoms with van der Waals surface area (Å²) in [7, 11) is -4.37. The molecule has 0 aromatic heterocycles. The van der Waals surface area contributed by atoms with Gasteiger partial charge >= 0.3 is 19.8 Å². The van der Waals surface area contributed by atoms with Gasteiger partial charge in [0.2, 0.25) is 0 Å². The van der Waals surface area contributed by atoms with Gasteiger partial charge in [-0.2, -0.15) is 0 Å². The highest BCUT2D eigenvalue weighted by Crippen LogP contribution is 2.43. The highest BCUT2D eigenvalue weighted by Gasteiger charge is 2.26. The maximum Gasteiger partial charge on any atom is 0.472 e. The number of rotatable bonds is 45. The summed E-state index contributed by atoms with van der Waals surface area (Å²) in [5, 5.41) is 0. The van der Waals surface area contributed by atoms with Crippen LogP contribution in [0.15, 0.2) is 97.2 Å². The smallest absolute Gasteiger partial charge is 0.462 e. The Hall–Kier alpha value is -3.07. The second kappa shape index (κ2) is 48.4. The molecular formula is C53H90NO8P. The van der Waals surface area contributed by atoms with Gasteiger partial charge in [-0.3, -0.25) is 18.6 Å². The maximum absolute atomic E-state index is 12.5. The number of unbranched alkanes of at least 4 members (excludes halogenated alkanes) is 16. The highest BCUT2D eigenvalue weighted by molar-refractivity contribution is 7.47. The van der Waals surface area contributed by atoms with Crippen molar-refractivity contribution in [2.24, 2.45) is 5.73 Å². The Bertz CT molecular complexity index is 1350. The molecule has 0 heterocycles. The lowest BCUT2D eigenvalue weighted by molar-refractivity contribution is -0.161. The van der Waals surface area contributed by atoms with E-state index in [4.69, 9.17) is 24.3 Å². The molecule has 0 spiro atoms. The molecule has 0 aromatic carbocycles. The number of allylic oxidation sites excluding steroid dienone is 16. The average Bonchev–Trinajstić information content (AvgIpc) is 3.27. The van der Waals surface area contributed by atoms with Gasteiger partial charge in [0.25, 0.3) is 0 Å². The predicted molar refractivity (Wildman–Crippen MR) is 265 cm³/mol. The van der Waals surface area contributed by atoms with E-state index in [2.05, 4.69) is 111 Å². The first-order valence-corrected chi connectivity index (χ1v) is 26.2. The zero-order chi connectivity index (χ0) is 46.0. The minimum Gasteiger partial charge on any atom is -0.462 e. The first kappa shape index (κ1) is 59.9. The van der Waals surface area contributed by atoms with Crippen molar-refractivity contribution in [3.63, 3.8) is 0 Å². The van der Waals surface area contributed by atoms with Crippen LogP contribution in [0.2, 0.25) is 0 Å². The minimum atomic E-state index is -4.37. The van der Waals surface area contributed by atoms with E-state index in [-0.39, 0.29) is 32.6 Å². The zero-order valence-corrected chi connectivity index (χ0v) is 40.7. The lowest BCUT2D eigenvalue weighted by atomic mass is 10.0. The SMILES string of the molecule is CC/C=C\C/C=C\C/C=C\C/C=C\C/C=C\C/C=C\C/C=C\C/C=C\CCCCCCCCCCCCCCC(=O)OC(COC(=O)CCCCCCC)COP(=O)(O)OCCN. The largest absolute Gasteiger partial charge is 0.472 e.